The molecule has 0 fully saturated rings. The Morgan fingerprint density at radius 2 is 2.05 bits per heavy atom. The highest BCUT2D eigenvalue weighted by molar-refractivity contribution is 6.29. The maximum atomic E-state index is 12.5. The van der Waals surface area contributed by atoms with Gasteiger partial charge in [-0.3, -0.25) is 4.79 Å². The monoisotopic (exact) mass is 274 g/mol. The number of nitrogens with zero attached hydrogens (tertiary/aromatic N) is 2. The molecule has 0 atom stereocenters. The van der Waals surface area contributed by atoms with E-state index in [2.05, 4.69) is 4.98 Å². The van der Waals surface area contributed by atoms with Crippen LogP contribution >= 0.6 is 11.6 Å². The molecular formula is C14H11ClN2O2. The molecule has 1 aliphatic heterocycles. The third-order valence-corrected chi connectivity index (χ3v) is 3.19. The van der Waals surface area contributed by atoms with Crippen LogP contribution in [0.5, 0.6) is 11.6 Å². The minimum atomic E-state index is -0.133. The van der Waals surface area contributed by atoms with Crippen LogP contribution in [0.2, 0.25) is 5.15 Å². The largest absolute Gasteiger partial charge is 0.436 e. The molecule has 3 rings (SSSR count). The van der Waals surface area contributed by atoms with Gasteiger partial charge in [-0.2, -0.15) is 0 Å². The number of aromatic nitrogens is 1. The number of anilines is 1. The normalized spacial score (nSPS) is 13.4. The molecule has 19 heavy (non-hydrogen) atoms. The number of ether oxygens (including phenoxy) is 1. The first-order valence-corrected chi connectivity index (χ1v) is 6.34. The molecule has 0 radical (unpaired) electrons. The number of fused-ring (bicyclic) bond motifs is 2. The summed E-state index contributed by atoms with van der Waals surface area (Å²) in [5.41, 5.74) is 1.16. The molecule has 0 spiro atoms. The van der Waals surface area contributed by atoms with Gasteiger partial charge in [-0.05, 0) is 31.2 Å². The Hall–Kier alpha value is -2.07. The van der Waals surface area contributed by atoms with Crippen molar-refractivity contribution in [2.45, 2.75) is 6.92 Å². The minimum absolute atomic E-state index is 0.133. The molecular weight excluding hydrogens is 264 g/mol. The van der Waals surface area contributed by atoms with Gasteiger partial charge in [0.15, 0.2) is 5.75 Å². The second kappa shape index (κ2) is 4.55. The van der Waals surface area contributed by atoms with Gasteiger partial charge in [0.1, 0.15) is 10.7 Å². The first-order chi connectivity index (χ1) is 9.20. The number of halogens is 1. The third-order valence-electron chi connectivity index (χ3n) is 2.98. The van der Waals surface area contributed by atoms with Crippen molar-refractivity contribution in [2.24, 2.45) is 0 Å². The van der Waals surface area contributed by atoms with Gasteiger partial charge in [0.25, 0.3) is 5.91 Å². The zero-order chi connectivity index (χ0) is 13.4. The van der Waals surface area contributed by atoms with Crippen LogP contribution in [0.25, 0.3) is 0 Å². The van der Waals surface area contributed by atoms with Crippen LogP contribution in [0.4, 0.5) is 5.69 Å². The van der Waals surface area contributed by atoms with Crippen LogP contribution < -0.4 is 9.64 Å². The van der Waals surface area contributed by atoms with E-state index < -0.39 is 0 Å². The van der Waals surface area contributed by atoms with Crippen molar-refractivity contribution in [1.82, 2.24) is 4.98 Å². The Kier molecular flexibility index (Phi) is 2.87. The first-order valence-electron chi connectivity index (χ1n) is 5.96. The van der Waals surface area contributed by atoms with Crippen molar-refractivity contribution >= 4 is 23.2 Å². The fourth-order valence-electron chi connectivity index (χ4n) is 2.10. The van der Waals surface area contributed by atoms with Crippen molar-refractivity contribution in [1.29, 1.82) is 0 Å². The Morgan fingerprint density at radius 3 is 2.84 bits per heavy atom. The summed E-state index contributed by atoms with van der Waals surface area (Å²) in [5, 5.41) is 0.300. The van der Waals surface area contributed by atoms with E-state index in [9.17, 15) is 4.79 Å². The lowest BCUT2D eigenvalue weighted by Crippen LogP contribution is -2.29. The Bertz CT molecular complexity index is 658. The average molecular weight is 275 g/mol. The molecule has 1 aliphatic rings. The summed E-state index contributed by atoms with van der Waals surface area (Å²) in [5.74, 6) is 0.721. The maximum absolute atomic E-state index is 12.5. The van der Waals surface area contributed by atoms with Gasteiger partial charge in [0.05, 0.1) is 5.69 Å². The van der Waals surface area contributed by atoms with Gasteiger partial charge in [0.2, 0.25) is 5.88 Å². The number of hydrogen-bond acceptors (Lipinski definition) is 3. The van der Waals surface area contributed by atoms with Crippen LogP contribution in [-0.4, -0.2) is 17.4 Å². The van der Waals surface area contributed by atoms with E-state index in [-0.39, 0.29) is 11.8 Å². The SMILES string of the molecule is CCN1C(=O)c2ccc(Cl)nc2Oc2ccccc21. The zero-order valence-corrected chi connectivity index (χ0v) is 11.0. The topological polar surface area (TPSA) is 42.4 Å². The van der Waals surface area contributed by atoms with Gasteiger partial charge in [-0.1, -0.05) is 23.7 Å². The molecule has 0 saturated carbocycles. The van der Waals surface area contributed by atoms with Crippen LogP contribution in [0.3, 0.4) is 0 Å². The standard InChI is InChI=1S/C14H11ClN2O2/c1-2-17-10-5-3-4-6-11(10)19-13-9(14(17)18)7-8-12(15)16-13/h3-8H,2H2,1H3. The summed E-state index contributed by atoms with van der Waals surface area (Å²) in [4.78, 5) is 18.3. The molecule has 0 N–H and O–H groups in total. The predicted molar refractivity (Wildman–Crippen MR) is 73.1 cm³/mol. The van der Waals surface area contributed by atoms with E-state index in [1.54, 1.807) is 17.0 Å². The van der Waals surface area contributed by atoms with Crippen LogP contribution in [0.15, 0.2) is 36.4 Å². The fraction of sp³-hybridized carbons (Fsp3) is 0.143. The highest BCUT2D eigenvalue weighted by atomic mass is 35.5. The number of carbonyl (C=O) groups excluding carboxylic acids is 1. The second-order valence-corrected chi connectivity index (χ2v) is 4.49. The van der Waals surface area contributed by atoms with E-state index >= 15 is 0 Å². The van der Waals surface area contributed by atoms with E-state index in [0.29, 0.717) is 23.0 Å². The highest BCUT2D eigenvalue weighted by Gasteiger charge is 2.27. The maximum Gasteiger partial charge on any atom is 0.263 e. The van der Waals surface area contributed by atoms with Gasteiger partial charge < -0.3 is 9.64 Å². The molecule has 1 amide bonds. The van der Waals surface area contributed by atoms with Gasteiger partial charge in [-0.25, -0.2) is 4.98 Å². The number of amides is 1. The average Bonchev–Trinajstić information content (AvgIpc) is 2.52. The third kappa shape index (κ3) is 1.94. The number of benzene rings is 1. The van der Waals surface area contributed by atoms with Gasteiger partial charge in [-0.15, -0.1) is 0 Å². The number of para-hydroxylation sites is 2. The molecule has 4 nitrogen and oxygen atoms in total. The molecule has 0 bridgehead atoms. The number of hydrogen-bond donors (Lipinski definition) is 0. The van der Waals surface area contributed by atoms with Crippen molar-refractivity contribution in [3.63, 3.8) is 0 Å². The minimum Gasteiger partial charge on any atom is -0.436 e. The molecule has 0 unspecified atom stereocenters. The lowest BCUT2D eigenvalue weighted by atomic mass is 10.2. The first kappa shape index (κ1) is 12.0. The summed E-state index contributed by atoms with van der Waals surface area (Å²) < 4.78 is 5.73. The van der Waals surface area contributed by atoms with E-state index in [0.717, 1.165) is 5.69 Å². The molecule has 0 saturated heterocycles. The van der Waals surface area contributed by atoms with Gasteiger partial charge >= 0.3 is 0 Å². The summed E-state index contributed by atoms with van der Waals surface area (Å²) >= 11 is 5.86. The zero-order valence-electron chi connectivity index (χ0n) is 10.3. The molecule has 1 aromatic heterocycles. The Labute approximate surface area is 115 Å². The predicted octanol–water partition coefficient (Wildman–Crippen LogP) is 3.51. The van der Waals surface area contributed by atoms with E-state index in [1.165, 1.54) is 0 Å². The number of pyridine rings is 1. The smallest absolute Gasteiger partial charge is 0.263 e. The van der Waals surface area contributed by atoms with Crippen LogP contribution in [0.1, 0.15) is 17.3 Å². The molecule has 2 heterocycles. The van der Waals surface area contributed by atoms with Crippen molar-refractivity contribution < 1.29 is 9.53 Å². The Balaban J connectivity index is 2.23. The van der Waals surface area contributed by atoms with Gasteiger partial charge in [0, 0.05) is 6.54 Å². The Morgan fingerprint density at radius 1 is 1.26 bits per heavy atom. The lowest BCUT2D eigenvalue weighted by molar-refractivity contribution is 0.0988. The van der Waals surface area contributed by atoms with Crippen molar-refractivity contribution in [3.8, 4) is 11.6 Å². The second-order valence-electron chi connectivity index (χ2n) is 4.11. The van der Waals surface area contributed by atoms with Crippen LogP contribution in [-0.2, 0) is 0 Å². The molecule has 5 heteroatoms. The number of carbonyl (C=O) groups is 1. The van der Waals surface area contributed by atoms with Crippen LogP contribution in [0, 0.1) is 0 Å². The molecule has 0 aliphatic carbocycles. The molecule has 1 aromatic carbocycles. The number of rotatable bonds is 1. The summed E-state index contributed by atoms with van der Waals surface area (Å²) in [6, 6.07) is 10.6. The van der Waals surface area contributed by atoms with Crippen molar-refractivity contribution in [2.75, 3.05) is 11.4 Å². The molecule has 96 valence electrons. The summed E-state index contributed by atoms with van der Waals surface area (Å²) in [7, 11) is 0. The van der Waals surface area contributed by atoms with E-state index in [1.807, 2.05) is 31.2 Å². The van der Waals surface area contributed by atoms with E-state index in [4.69, 9.17) is 16.3 Å². The van der Waals surface area contributed by atoms with Crippen molar-refractivity contribution in [3.05, 3.63) is 47.1 Å². The fourth-order valence-corrected chi connectivity index (χ4v) is 2.24. The highest BCUT2D eigenvalue weighted by Crippen LogP contribution is 2.37. The quantitative estimate of drug-likeness (QED) is 0.748. The summed E-state index contributed by atoms with van der Waals surface area (Å²) in [6.07, 6.45) is 0. The lowest BCUT2D eigenvalue weighted by Gasteiger charge is -2.19. The summed E-state index contributed by atoms with van der Waals surface area (Å²) in [6.45, 7) is 2.48. The molecule has 2 aromatic rings.